The van der Waals surface area contributed by atoms with Crippen LogP contribution in [0, 0.1) is 17.0 Å². The van der Waals surface area contributed by atoms with Crippen LogP contribution >= 0.6 is 0 Å². The molecule has 2 aromatic carbocycles. The van der Waals surface area contributed by atoms with Crippen molar-refractivity contribution in [2.45, 2.75) is 64.6 Å². The predicted octanol–water partition coefficient (Wildman–Crippen LogP) is 4.16. The van der Waals surface area contributed by atoms with Crippen LogP contribution in [0.2, 0.25) is 0 Å². The minimum Gasteiger partial charge on any atom is -0.490 e. The van der Waals surface area contributed by atoms with Crippen molar-refractivity contribution >= 4 is 17.5 Å². The van der Waals surface area contributed by atoms with Crippen LogP contribution in [0.5, 0.6) is 11.5 Å². The highest BCUT2D eigenvalue weighted by molar-refractivity contribution is 5.88. The minimum atomic E-state index is -0.641. The Labute approximate surface area is 205 Å². The van der Waals surface area contributed by atoms with E-state index in [4.69, 9.17) is 9.47 Å². The molecule has 0 radical (unpaired) electrons. The van der Waals surface area contributed by atoms with Crippen molar-refractivity contribution in [2.75, 3.05) is 13.7 Å². The number of rotatable bonds is 11. The Morgan fingerprint density at radius 3 is 2.54 bits per heavy atom. The van der Waals surface area contributed by atoms with Gasteiger partial charge in [-0.25, -0.2) is 0 Å². The van der Waals surface area contributed by atoms with E-state index in [-0.39, 0.29) is 48.2 Å². The summed E-state index contributed by atoms with van der Waals surface area (Å²) in [5.41, 5.74) is 1.78. The second-order valence-corrected chi connectivity index (χ2v) is 8.74. The highest BCUT2D eigenvalue weighted by atomic mass is 16.6. The topological polar surface area (TPSA) is 111 Å². The number of carbonyl (C=O) groups is 2. The van der Waals surface area contributed by atoms with E-state index in [0.29, 0.717) is 6.42 Å². The van der Waals surface area contributed by atoms with Crippen molar-refractivity contribution < 1.29 is 24.0 Å². The summed E-state index contributed by atoms with van der Waals surface area (Å²) in [5, 5.41) is 14.2. The first-order valence-corrected chi connectivity index (χ1v) is 11.9. The number of amides is 2. The summed E-state index contributed by atoms with van der Waals surface area (Å²) in [6.07, 6.45) is 4.57. The molecule has 1 aliphatic carbocycles. The SMILES string of the molecule is CC[C@@H](C(=O)NC1CCCC1)N(Cc1ccccc1C)C(=O)COc1ccc([N+](=O)[O-])c(OC)c1. The molecule has 1 atom stereocenters. The molecule has 1 N–H and O–H groups in total. The monoisotopic (exact) mass is 483 g/mol. The summed E-state index contributed by atoms with van der Waals surface area (Å²) in [5.74, 6) is -0.198. The largest absolute Gasteiger partial charge is 0.490 e. The van der Waals surface area contributed by atoms with E-state index in [0.717, 1.165) is 36.8 Å². The standard InChI is InChI=1S/C26H33N3O6/c1-4-22(26(31)27-20-11-7-8-12-20)28(16-19-10-6-5-9-18(19)2)25(30)17-35-21-13-14-23(29(32)33)24(15-21)34-3/h5-6,9-10,13-15,20,22H,4,7-8,11-12,16-17H2,1-3H3,(H,27,31)/t22-/m0/s1. The molecule has 0 heterocycles. The lowest BCUT2D eigenvalue weighted by Gasteiger charge is -2.32. The number of hydrogen-bond donors (Lipinski definition) is 1. The summed E-state index contributed by atoms with van der Waals surface area (Å²) in [4.78, 5) is 38.7. The van der Waals surface area contributed by atoms with Crippen molar-refractivity contribution in [3.8, 4) is 11.5 Å². The molecule has 9 nitrogen and oxygen atoms in total. The first-order valence-electron chi connectivity index (χ1n) is 11.9. The molecule has 1 aliphatic rings. The molecule has 0 aromatic heterocycles. The predicted molar refractivity (Wildman–Crippen MR) is 131 cm³/mol. The molecule has 0 saturated heterocycles. The van der Waals surface area contributed by atoms with E-state index in [9.17, 15) is 19.7 Å². The Bertz CT molecular complexity index is 1050. The molecule has 1 saturated carbocycles. The van der Waals surface area contributed by atoms with Gasteiger partial charge in [-0.05, 0) is 43.4 Å². The summed E-state index contributed by atoms with van der Waals surface area (Å²) >= 11 is 0. The third-order valence-corrected chi connectivity index (χ3v) is 6.40. The Morgan fingerprint density at radius 1 is 1.20 bits per heavy atom. The summed E-state index contributed by atoms with van der Waals surface area (Å²) in [6.45, 7) is 3.81. The van der Waals surface area contributed by atoms with Crippen molar-refractivity contribution in [2.24, 2.45) is 0 Å². The van der Waals surface area contributed by atoms with Gasteiger partial charge in [0.1, 0.15) is 11.8 Å². The molecular formula is C26H33N3O6. The van der Waals surface area contributed by atoms with Gasteiger partial charge >= 0.3 is 5.69 Å². The molecule has 0 unspecified atom stereocenters. The van der Waals surface area contributed by atoms with E-state index in [1.807, 2.05) is 38.1 Å². The average molecular weight is 484 g/mol. The van der Waals surface area contributed by atoms with Gasteiger partial charge in [-0.1, -0.05) is 44.0 Å². The first-order chi connectivity index (χ1) is 16.8. The zero-order chi connectivity index (χ0) is 25.4. The third-order valence-electron chi connectivity index (χ3n) is 6.40. The maximum absolute atomic E-state index is 13.4. The van der Waals surface area contributed by atoms with Crippen LogP contribution in [-0.4, -0.2) is 47.4 Å². The lowest BCUT2D eigenvalue weighted by atomic mass is 10.1. The van der Waals surface area contributed by atoms with Crippen LogP contribution in [0.1, 0.15) is 50.2 Å². The second kappa shape index (κ2) is 12.2. The molecule has 3 rings (SSSR count). The number of nitrogens with zero attached hydrogens (tertiary/aromatic N) is 2. The van der Waals surface area contributed by atoms with Crippen molar-refractivity contribution in [1.29, 1.82) is 0 Å². The van der Waals surface area contributed by atoms with Crippen LogP contribution in [0.3, 0.4) is 0 Å². The molecule has 9 heteroatoms. The van der Waals surface area contributed by atoms with Crippen LogP contribution < -0.4 is 14.8 Å². The van der Waals surface area contributed by atoms with E-state index in [2.05, 4.69) is 5.32 Å². The molecular weight excluding hydrogens is 450 g/mol. The number of methoxy groups -OCH3 is 1. The number of hydrogen-bond acceptors (Lipinski definition) is 6. The Balaban J connectivity index is 1.79. The first kappa shape index (κ1) is 26.0. The summed E-state index contributed by atoms with van der Waals surface area (Å²) in [7, 11) is 1.33. The lowest BCUT2D eigenvalue weighted by molar-refractivity contribution is -0.385. The van der Waals surface area contributed by atoms with Crippen LogP contribution in [0.15, 0.2) is 42.5 Å². The Kier molecular flexibility index (Phi) is 9.05. The van der Waals surface area contributed by atoms with E-state index in [1.54, 1.807) is 4.90 Å². The van der Waals surface area contributed by atoms with Crippen molar-refractivity contribution in [3.05, 3.63) is 63.7 Å². The number of nitro benzene ring substituents is 1. The number of aryl methyl sites for hydroxylation is 1. The average Bonchev–Trinajstić information content (AvgIpc) is 3.36. The van der Waals surface area contributed by atoms with Gasteiger partial charge in [0, 0.05) is 24.7 Å². The molecule has 35 heavy (non-hydrogen) atoms. The van der Waals surface area contributed by atoms with Gasteiger partial charge in [0.25, 0.3) is 5.91 Å². The van der Waals surface area contributed by atoms with Gasteiger partial charge < -0.3 is 19.7 Å². The third kappa shape index (κ3) is 6.71. The molecule has 188 valence electrons. The zero-order valence-electron chi connectivity index (χ0n) is 20.5. The second-order valence-electron chi connectivity index (χ2n) is 8.74. The van der Waals surface area contributed by atoms with Gasteiger partial charge in [0.05, 0.1) is 12.0 Å². The fraction of sp³-hybridized carbons (Fsp3) is 0.462. The van der Waals surface area contributed by atoms with Gasteiger partial charge in [0.15, 0.2) is 6.61 Å². The molecule has 0 spiro atoms. The number of nitro groups is 1. The normalized spacial score (nSPS) is 14.3. The molecule has 0 bridgehead atoms. The smallest absolute Gasteiger partial charge is 0.311 e. The summed E-state index contributed by atoms with van der Waals surface area (Å²) < 4.78 is 10.8. The van der Waals surface area contributed by atoms with Gasteiger partial charge in [0.2, 0.25) is 11.7 Å². The van der Waals surface area contributed by atoms with E-state index >= 15 is 0 Å². The fourth-order valence-electron chi connectivity index (χ4n) is 4.38. The minimum absolute atomic E-state index is 0.0408. The van der Waals surface area contributed by atoms with Crippen LogP contribution in [0.25, 0.3) is 0 Å². The van der Waals surface area contributed by atoms with E-state index in [1.165, 1.54) is 25.3 Å². The van der Waals surface area contributed by atoms with Gasteiger partial charge in [-0.3, -0.25) is 19.7 Å². The number of ether oxygens (including phenoxy) is 2. The van der Waals surface area contributed by atoms with Gasteiger partial charge in [-0.2, -0.15) is 0 Å². The van der Waals surface area contributed by atoms with Crippen molar-refractivity contribution in [1.82, 2.24) is 10.2 Å². The zero-order valence-corrected chi connectivity index (χ0v) is 20.5. The molecule has 2 amide bonds. The van der Waals surface area contributed by atoms with E-state index < -0.39 is 11.0 Å². The summed E-state index contributed by atoms with van der Waals surface area (Å²) in [6, 6.07) is 11.3. The van der Waals surface area contributed by atoms with Gasteiger partial charge in [-0.15, -0.1) is 0 Å². The lowest BCUT2D eigenvalue weighted by Crippen LogP contribution is -2.52. The maximum atomic E-state index is 13.4. The Morgan fingerprint density at radius 2 is 1.91 bits per heavy atom. The number of nitrogens with one attached hydrogen (secondary N) is 1. The number of carbonyl (C=O) groups excluding carboxylic acids is 2. The Hall–Kier alpha value is -3.62. The van der Waals surface area contributed by atoms with Crippen LogP contribution in [0.4, 0.5) is 5.69 Å². The highest BCUT2D eigenvalue weighted by Crippen LogP contribution is 2.31. The van der Waals surface area contributed by atoms with Crippen LogP contribution in [-0.2, 0) is 16.1 Å². The highest BCUT2D eigenvalue weighted by Gasteiger charge is 2.31. The van der Waals surface area contributed by atoms with Crippen molar-refractivity contribution in [3.63, 3.8) is 0 Å². The fourth-order valence-corrected chi connectivity index (χ4v) is 4.38. The number of benzene rings is 2. The molecule has 2 aromatic rings. The molecule has 1 fully saturated rings. The molecule has 0 aliphatic heterocycles. The maximum Gasteiger partial charge on any atom is 0.311 e. The quantitative estimate of drug-likeness (QED) is 0.380.